The van der Waals surface area contributed by atoms with Crippen LogP contribution in [0.25, 0.3) is 0 Å². The van der Waals surface area contributed by atoms with Crippen LogP contribution in [-0.2, 0) is 0 Å². The minimum Gasteiger partial charge on any atom is -0.306 e. The SMILES string of the molecule is CCNC(c1cccc(C2CCC2)c1)c1cccs1. The number of thiophene rings is 1. The minimum atomic E-state index is 0.352. The van der Waals surface area contributed by atoms with Gasteiger partial charge in [-0.05, 0) is 47.9 Å². The topological polar surface area (TPSA) is 12.0 Å². The molecule has 1 aliphatic carbocycles. The molecule has 0 radical (unpaired) electrons. The van der Waals surface area contributed by atoms with Crippen LogP contribution in [0.3, 0.4) is 0 Å². The molecule has 1 nitrogen and oxygen atoms in total. The Labute approximate surface area is 119 Å². The first-order valence-corrected chi connectivity index (χ1v) is 8.13. The zero-order valence-electron chi connectivity index (χ0n) is 11.4. The van der Waals surface area contributed by atoms with E-state index in [9.17, 15) is 0 Å². The molecular formula is C17H21NS. The highest BCUT2D eigenvalue weighted by Crippen LogP contribution is 2.37. The van der Waals surface area contributed by atoms with E-state index in [1.165, 1.54) is 35.3 Å². The molecule has 0 bridgehead atoms. The third kappa shape index (κ3) is 2.75. The van der Waals surface area contributed by atoms with Gasteiger partial charge in [0.1, 0.15) is 0 Å². The zero-order chi connectivity index (χ0) is 13.1. The summed E-state index contributed by atoms with van der Waals surface area (Å²) in [5, 5.41) is 5.78. The summed E-state index contributed by atoms with van der Waals surface area (Å²) in [6.45, 7) is 3.17. The summed E-state index contributed by atoms with van der Waals surface area (Å²) in [7, 11) is 0. The van der Waals surface area contributed by atoms with Crippen LogP contribution in [0.15, 0.2) is 41.8 Å². The second kappa shape index (κ2) is 5.89. The Bertz CT molecular complexity index is 514. The van der Waals surface area contributed by atoms with Gasteiger partial charge in [0.25, 0.3) is 0 Å². The van der Waals surface area contributed by atoms with E-state index in [4.69, 9.17) is 0 Å². The molecule has 1 unspecified atom stereocenters. The molecular weight excluding hydrogens is 250 g/mol. The monoisotopic (exact) mass is 271 g/mol. The first-order valence-electron chi connectivity index (χ1n) is 7.25. The summed E-state index contributed by atoms with van der Waals surface area (Å²) in [6, 6.07) is 13.9. The summed E-state index contributed by atoms with van der Waals surface area (Å²) in [5.74, 6) is 0.811. The first kappa shape index (κ1) is 12.9. The van der Waals surface area contributed by atoms with Gasteiger partial charge in [-0.2, -0.15) is 0 Å². The number of hydrogen-bond acceptors (Lipinski definition) is 2. The Morgan fingerprint density at radius 1 is 1.26 bits per heavy atom. The molecule has 3 rings (SSSR count). The summed E-state index contributed by atoms with van der Waals surface area (Å²) in [6.07, 6.45) is 4.14. The predicted octanol–water partition coefficient (Wildman–Crippen LogP) is 4.71. The van der Waals surface area contributed by atoms with Gasteiger partial charge < -0.3 is 5.32 Å². The molecule has 19 heavy (non-hydrogen) atoms. The van der Waals surface area contributed by atoms with Gasteiger partial charge in [-0.1, -0.05) is 43.7 Å². The lowest BCUT2D eigenvalue weighted by Crippen LogP contribution is -2.21. The number of hydrogen-bond donors (Lipinski definition) is 1. The van der Waals surface area contributed by atoms with Crippen LogP contribution in [0.1, 0.15) is 54.1 Å². The fraction of sp³-hybridized carbons (Fsp3) is 0.412. The van der Waals surface area contributed by atoms with Gasteiger partial charge in [-0.3, -0.25) is 0 Å². The van der Waals surface area contributed by atoms with Crippen molar-refractivity contribution in [2.45, 2.75) is 38.1 Å². The molecule has 1 aliphatic rings. The maximum absolute atomic E-state index is 3.61. The van der Waals surface area contributed by atoms with Crippen LogP contribution >= 0.6 is 11.3 Å². The van der Waals surface area contributed by atoms with Crippen LogP contribution in [0.2, 0.25) is 0 Å². The third-order valence-electron chi connectivity index (χ3n) is 4.06. The fourth-order valence-corrected chi connectivity index (χ4v) is 3.60. The lowest BCUT2D eigenvalue weighted by atomic mass is 9.79. The zero-order valence-corrected chi connectivity index (χ0v) is 12.2. The second-order valence-corrected chi connectivity index (χ2v) is 6.28. The lowest BCUT2D eigenvalue weighted by molar-refractivity contribution is 0.419. The summed E-state index contributed by atoms with van der Waals surface area (Å²) in [4.78, 5) is 1.41. The van der Waals surface area contributed by atoms with Gasteiger partial charge in [-0.25, -0.2) is 0 Å². The van der Waals surface area contributed by atoms with E-state index < -0.39 is 0 Å². The van der Waals surface area contributed by atoms with Crippen LogP contribution in [0.4, 0.5) is 0 Å². The largest absolute Gasteiger partial charge is 0.306 e. The van der Waals surface area contributed by atoms with E-state index in [-0.39, 0.29) is 0 Å². The van der Waals surface area contributed by atoms with Gasteiger partial charge in [-0.15, -0.1) is 11.3 Å². The lowest BCUT2D eigenvalue weighted by Gasteiger charge is -2.27. The van der Waals surface area contributed by atoms with Crippen molar-refractivity contribution in [1.29, 1.82) is 0 Å². The van der Waals surface area contributed by atoms with E-state index in [0.29, 0.717) is 6.04 Å². The normalized spacial score (nSPS) is 17.1. The summed E-state index contributed by atoms with van der Waals surface area (Å²) >= 11 is 1.84. The highest BCUT2D eigenvalue weighted by molar-refractivity contribution is 7.10. The standard InChI is InChI=1S/C17H21NS/c1-2-18-17(16-10-5-11-19-16)15-9-4-8-14(12-15)13-6-3-7-13/h4-5,8-13,17-18H,2-3,6-7H2,1H3. The smallest absolute Gasteiger partial charge is 0.0671 e. The van der Waals surface area contributed by atoms with E-state index in [1.54, 1.807) is 0 Å². The molecule has 2 aromatic rings. The Balaban J connectivity index is 1.89. The number of nitrogens with one attached hydrogen (secondary N) is 1. The quantitative estimate of drug-likeness (QED) is 0.830. The van der Waals surface area contributed by atoms with Crippen molar-refractivity contribution in [1.82, 2.24) is 5.32 Å². The molecule has 0 spiro atoms. The van der Waals surface area contributed by atoms with Crippen molar-refractivity contribution in [2.24, 2.45) is 0 Å². The summed E-state index contributed by atoms with van der Waals surface area (Å²) in [5.41, 5.74) is 2.94. The third-order valence-corrected chi connectivity index (χ3v) is 4.99. The van der Waals surface area contributed by atoms with Crippen LogP contribution in [0.5, 0.6) is 0 Å². The van der Waals surface area contributed by atoms with E-state index in [0.717, 1.165) is 12.5 Å². The molecule has 0 aliphatic heterocycles. The molecule has 0 amide bonds. The average Bonchev–Trinajstić information content (AvgIpc) is 2.88. The molecule has 1 aromatic heterocycles. The Morgan fingerprint density at radius 2 is 2.16 bits per heavy atom. The molecule has 0 saturated heterocycles. The van der Waals surface area contributed by atoms with E-state index >= 15 is 0 Å². The first-order chi connectivity index (χ1) is 9.38. The van der Waals surface area contributed by atoms with Gasteiger partial charge >= 0.3 is 0 Å². The van der Waals surface area contributed by atoms with Crippen molar-refractivity contribution in [3.8, 4) is 0 Å². The highest BCUT2D eigenvalue weighted by atomic mass is 32.1. The van der Waals surface area contributed by atoms with E-state index in [1.807, 2.05) is 11.3 Å². The van der Waals surface area contributed by atoms with Gasteiger partial charge in [0.05, 0.1) is 6.04 Å². The molecule has 100 valence electrons. The number of benzene rings is 1. The van der Waals surface area contributed by atoms with Crippen molar-refractivity contribution in [3.63, 3.8) is 0 Å². The van der Waals surface area contributed by atoms with Crippen molar-refractivity contribution < 1.29 is 0 Å². The molecule has 1 N–H and O–H groups in total. The maximum Gasteiger partial charge on any atom is 0.0671 e. The molecule has 2 heteroatoms. The van der Waals surface area contributed by atoms with Gasteiger partial charge in [0.15, 0.2) is 0 Å². The average molecular weight is 271 g/mol. The van der Waals surface area contributed by atoms with Crippen LogP contribution in [-0.4, -0.2) is 6.54 Å². The molecule has 1 heterocycles. The van der Waals surface area contributed by atoms with Crippen molar-refractivity contribution >= 4 is 11.3 Å². The van der Waals surface area contributed by atoms with Crippen molar-refractivity contribution in [2.75, 3.05) is 6.54 Å². The van der Waals surface area contributed by atoms with Gasteiger partial charge in [0.2, 0.25) is 0 Å². The fourth-order valence-electron chi connectivity index (χ4n) is 2.78. The highest BCUT2D eigenvalue weighted by Gasteiger charge is 2.21. The van der Waals surface area contributed by atoms with Crippen molar-refractivity contribution in [3.05, 3.63) is 57.8 Å². The Kier molecular flexibility index (Phi) is 4.00. The summed E-state index contributed by atoms with van der Waals surface area (Å²) < 4.78 is 0. The van der Waals surface area contributed by atoms with Gasteiger partial charge in [0, 0.05) is 4.88 Å². The molecule has 1 atom stereocenters. The Hall–Kier alpha value is -1.12. The second-order valence-electron chi connectivity index (χ2n) is 5.30. The Morgan fingerprint density at radius 3 is 2.79 bits per heavy atom. The molecule has 1 fully saturated rings. The van der Waals surface area contributed by atoms with Crippen LogP contribution in [0, 0.1) is 0 Å². The number of rotatable bonds is 5. The minimum absolute atomic E-state index is 0.352. The molecule has 1 saturated carbocycles. The van der Waals surface area contributed by atoms with Crippen LogP contribution < -0.4 is 5.32 Å². The van der Waals surface area contributed by atoms with E-state index in [2.05, 4.69) is 54.0 Å². The predicted molar refractivity (Wildman–Crippen MR) is 82.9 cm³/mol. The molecule has 1 aromatic carbocycles. The maximum atomic E-state index is 3.61.